The van der Waals surface area contributed by atoms with Gasteiger partial charge in [-0.15, -0.1) is 13.2 Å². The predicted octanol–water partition coefficient (Wildman–Crippen LogP) is 5.90. The van der Waals surface area contributed by atoms with E-state index in [1.807, 2.05) is 13.0 Å². The molecule has 0 radical (unpaired) electrons. The number of rotatable bonds is 6. The maximum atomic E-state index is 12.6. The quantitative estimate of drug-likeness (QED) is 0.544. The number of nitrogens with zero attached hydrogens (tertiary/aromatic N) is 1. The van der Waals surface area contributed by atoms with E-state index in [0.29, 0.717) is 28.4 Å². The molecule has 1 N–H and O–H groups in total. The van der Waals surface area contributed by atoms with Crippen LogP contribution in [0.25, 0.3) is 0 Å². The Kier molecular flexibility index (Phi) is 6.25. The summed E-state index contributed by atoms with van der Waals surface area (Å²) >= 11 is 0. The van der Waals surface area contributed by atoms with Gasteiger partial charge in [0.25, 0.3) is 5.91 Å². The Bertz CT molecular complexity index is 1030. The van der Waals surface area contributed by atoms with E-state index in [1.165, 1.54) is 12.1 Å². The Morgan fingerprint density at radius 3 is 2.33 bits per heavy atom. The van der Waals surface area contributed by atoms with Gasteiger partial charge in [-0.3, -0.25) is 9.78 Å². The van der Waals surface area contributed by atoms with Gasteiger partial charge in [-0.05, 0) is 61.9 Å². The third kappa shape index (κ3) is 5.73. The van der Waals surface area contributed by atoms with Crippen molar-refractivity contribution in [3.8, 4) is 17.2 Å². The first-order valence-electron chi connectivity index (χ1n) is 9.15. The SMILES string of the molecule is CCc1ccc(C(=O)Nc2cccc(Oc3ccc(OC(F)(F)F)cc3)c2)c(C)n1. The van der Waals surface area contributed by atoms with Crippen LogP contribution >= 0.6 is 0 Å². The van der Waals surface area contributed by atoms with E-state index in [0.717, 1.165) is 24.2 Å². The van der Waals surface area contributed by atoms with E-state index in [2.05, 4.69) is 15.0 Å². The second kappa shape index (κ2) is 8.86. The monoisotopic (exact) mass is 416 g/mol. The summed E-state index contributed by atoms with van der Waals surface area (Å²) in [6, 6.07) is 15.3. The lowest BCUT2D eigenvalue weighted by molar-refractivity contribution is -0.274. The average molecular weight is 416 g/mol. The standard InChI is InChI=1S/C22H19F3N2O3/c1-3-15-7-12-20(14(2)26-15)21(28)27-16-5-4-6-19(13-16)29-17-8-10-18(11-9-17)30-22(23,24)25/h4-13H,3H2,1-2H3,(H,27,28). The van der Waals surface area contributed by atoms with Gasteiger partial charge in [0.05, 0.1) is 11.3 Å². The Morgan fingerprint density at radius 1 is 1.00 bits per heavy atom. The second-order valence-corrected chi connectivity index (χ2v) is 6.39. The van der Waals surface area contributed by atoms with Crippen molar-refractivity contribution in [2.24, 2.45) is 0 Å². The minimum absolute atomic E-state index is 0.298. The van der Waals surface area contributed by atoms with Crippen LogP contribution in [0.4, 0.5) is 18.9 Å². The highest BCUT2D eigenvalue weighted by Crippen LogP contribution is 2.28. The molecular weight excluding hydrogens is 397 g/mol. The zero-order valence-corrected chi connectivity index (χ0v) is 16.3. The molecule has 1 amide bonds. The normalized spacial score (nSPS) is 11.1. The lowest BCUT2D eigenvalue weighted by atomic mass is 10.1. The number of nitrogens with one attached hydrogen (secondary N) is 1. The molecule has 0 unspecified atom stereocenters. The molecule has 0 spiro atoms. The molecule has 8 heteroatoms. The van der Waals surface area contributed by atoms with Gasteiger partial charge in [0, 0.05) is 17.4 Å². The molecule has 0 aliphatic carbocycles. The molecule has 0 atom stereocenters. The van der Waals surface area contributed by atoms with Gasteiger partial charge in [-0.1, -0.05) is 13.0 Å². The Morgan fingerprint density at radius 2 is 1.70 bits per heavy atom. The number of carbonyl (C=O) groups is 1. The van der Waals surface area contributed by atoms with Crippen molar-refractivity contribution in [1.82, 2.24) is 4.98 Å². The van der Waals surface area contributed by atoms with Gasteiger partial charge >= 0.3 is 6.36 Å². The summed E-state index contributed by atoms with van der Waals surface area (Å²) < 4.78 is 46.2. The molecule has 0 aliphatic heterocycles. The fourth-order valence-electron chi connectivity index (χ4n) is 2.73. The van der Waals surface area contributed by atoms with Gasteiger partial charge in [0.2, 0.25) is 0 Å². The molecule has 5 nitrogen and oxygen atoms in total. The summed E-state index contributed by atoms with van der Waals surface area (Å²) in [5.41, 5.74) is 2.53. The molecule has 0 fully saturated rings. The van der Waals surface area contributed by atoms with Crippen molar-refractivity contribution < 1.29 is 27.4 Å². The minimum atomic E-state index is -4.75. The number of aryl methyl sites for hydroxylation is 2. The van der Waals surface area contributed by atoms with Gasteiger partial charge in [-0.2, -0.15) is 0 Å². The minimum Gasteiger partial charge on any atom is -0.457 e. The van der Waals surface area contributed by atoms with Crippen LogP contribution in [-0.2, 0) is 6.42 Å². The van der Waals surface area contributed by atoms with E-state index in [-0.39, 0.29) is 11.7 Å². The number of alkyl halides is 3. The Balaban J connectivity index is 1.68. The van der Waals surface area contributed by atoms with Crippen molar-refractivity contribution in [3.05, 3.63) is 77.6 Å². The number of aromatic nitrogens is 1. The van der Waals surface area contributed by atoms with Crippen molar-refractivity contribution in [2.75, 3.05) is 5.32 Å². The van der Waals surface area contributed by atoms with Crippen LogP contribution in [0.2, 0.25) is 0 Å². The molecule has 3 rings (SSSR count). The number of halogens is 3. The van der Waals surface area contributed by atoms with Crippen molar-refractivity contribution in [2.45, 2.75) is 26.6 Å². The summed E-state index contributed by atoms with van der Waals surface area (Å²) in [6.45, 7) is 3.77. The fraction of sp³-hybridized carbons (Fsp3) is 0.182. The van der Waals surface area contributed by atoms with Gasteiger partial charge < -0.3 is 14.8 Å². The van der Waals surface area contributed by atoms with Gasteiger partial charge in [-0.25, -0.2) is 0 Å². The third-order valence-electron chi connectivity index (χ3n) is 4.14. The maximum absolute atomic E-state index is 12.6. The van der Waals surface area contributed by atoms with Gasteiger partial charge in [0.1, 0.15) is 17.2 Å². The lowest BCUT2D eigenvalue weighted by Crippen LogP contribution is -2.16. The molecule has 0 aliphatic rings. The number of ether oxygens (including phenoxy) is 2. The first kappa shape index (κ1) is 21.2. The number of anilines is 1. The van der Waals surface area contributed by atoms with Crippen LogP contribution in [0.5, 0.6) is 17.2 Å². The van der Waals surface area contributed by atoms with Crippen LogP contribution in [0.15, 0.2) is 60.7 Å². The summed E-state index contributed by atoms with van der Waals surface area (Å²) in [5, 5.41) is 2.79. The molecule has 156 valence electrons. The highest BCUT2D eigenvalue weighted by Gasteiger charge is 2.31. The molecule has 0 bridgehead atoms. The van der Waals surface area contributed by atoms with Crippen molar-refractivity contribution >= 4 is 11.6 Å². The number of pyridine rings is 1. The Labute approximate surface area is 171 Å². The number of carbonyl (C=O) groups excluding carboxylic acids is 1. The lowest BCUT2D eigenvalue weighted by Gasteiger charge is -2.11. The van der Waals surface area contributed by atoms with E-state index in [9.17, 15) is 18.0 Å². The molecule has 0 saturated carbocycles. The zero-order chi connectivity index (χ0) is 21.7. The summed E-state index contributed by atoms with van der Waals surface area (Å²) in [6.07, 6.45) is -3.97. The van der Waals surface area contributed by atoms with Crippen LogP contribution in [-0.4, -0.2) is 17.3 Å². The molecule has 3 aromatic rings. The number of hydrogen-bond acceptors (Lipinski definition) is 4. The third-order valence-corrected chi connectivity index (χ3v) is 4.14. The first-order valence-corrected chi connectivity index (χ1v) is 9.15. The number of hydrogen-bond donors (Lipinski definition) is 1. The van der Waals surface area contributed by atoms with E-state index >= 15 is 0 Å². The summed E-state index contributed by atoms with van der Waals surface area (Å²) in [4.78, 5) is 16.9. The highest BCUT2D eigenvalue weighted by molar-refractivity contribution is 6.05. The zero-order valence-electron chi connectivity index (χ0n) is 16.3. The highest BCUT2D eigenvalue weighted by atomic mass is 19.4. The fourth-order valence-corrected chi connectivity index (χ4v) is 2.73. The predicted molar refractivity (Wildman–Crippen MR) is 106 cm³/mol. The topological polar surface area (TPSA) is 60.5 Å². The van der Waals surface area contributed by atoms with Gasteiger partial charge in [0.15, 0.2) is 0 Å². The molecule has 0 saturated heterocycles. The summed E-state index contributed by atoms with van der Waals surface area (Å²) in [7, 11) is 0. The maximum Gasteiger partial charge on any atom is 0.573 e. The molecule has 30 heavy (non-hydrogen) atoms. The van der Waals surface area contributed by atoms with Crippen molar-refractivity contribution in [3.63, 3.8) is 0 Å². The largest absolute Gasteiger partial charge is 0.573 e. The Hall–Kier alpha value is -3.55. The smallest absolute Gasteiger partial charge is 0.457 e. The molecular formula is C22H19F3N2O3. The second-order valence-electron chi connectivity index (χ2n) is 6.39. The molecule has 2 aromatic carbocycles. The van der Waals surface area contributed by atoms with E-state index in [1.54, 1.807) is 37.3 Å². The van der Waals surface area contributed by atoms with Crippen LogP contribution in [0.1, 0.15) is 28.7 Å². The van der Waals surface area contributed by atoms with E-state index in [4.69, 9.17) is 4.74 Å². The van der Waals surface area contributed by atoms with Crippen molar-refractivity contribution in [1.29, 1.82) is 0 Å². The number of benzene rings is 2. The average Bonchev–Trinajstić information content (AvgIpc) is 2.68. The van der Waals surface area contributed by atoms with E-state index < -0.39 is 6.36 Å². The number of amides is 1. The first-order chi connectivity index (χ1) is 14.2. The summed E-state index contributed by atoms with van der Waals surface area (Å²) in [5.74, 6) is 0.0963. The van der Waals surface area contributed by atoms with Crippen LogP contribution in [0, 0.1) is 6.92 Å². The van der Waals surface area contributed by atoms with Crippen LogP contribution < -0.4 is 14.8 Å². The van der Waals surface area contributed by atoms with Crippen LogP contribution in [0.3, 0.4) is 0 Å². The molecule has 1 heterocycles. The molecule has 1 aromatic heterocycles.